The van der Waals surface area contributed by atoms with Crippen molar-refractivity contribution in [1.29, 1.82) is 0 Å². The van der Waals surface area contributed by atoms with Crippen molar-refractivity contribution < 1.29 is 44.3 Å². The number of nitrogens with two attached hydrogens (primary N) is 1. The molecule has 7 N–H and O–H groups in total. The molecule has 41 heavy (non-hydrogen) atoms. The van der Waals surface area contributed by atoms with Crippen molar-refractivity contribution in [3.05, 3.63) is 76.3 Å². The Labute approximate surface area is 233 Å². The third kappa shape index (κ3) is 3.33. The predicted octanol–water partition coefficient (Wildman–Crippen LogP) is 2.07. The van der Waals surface area contributed by atoms with E-state index in [2.05, 4.69) is 0 Å². The third-order valence-corrected chi connectivity index (χ3v) is 8.82. The van der Waals surface area contributed by atoms with Crippen LogP contribution in [-0.2, 0) is 9.59 Å². The number of benzene rings is 2. The molecule has 2 aromatic carbocycles. The smallest absolute Gasteiger partial charge is 0.255 e. The number of carbonyl (C=O) groups excluding carboxylic acids is 3. The van der Waals surface area contributed by atoms with Crippen LogP contribution in [0.1, 0.15) is 28.8 Å². The van der Waals surface area contributed by atoms with Gasteiger partial charge in [-0.2, -0.15) is 0 Å². The van der Waals surface area contributed by atoms with Crippen LogP contribution < -0.4 is 5.73 Å². The van der Waals surface area contributed by atoms with Crippen molar-refractivity contribution in [2.75, 3.05) is 14.1 Å². The zero-order chi connectivity index (χ0) is 29.7. The molecule has 1 aromatic heterocycles. The summed E-state index contributed by atoms with van der Waals surface area (Å²) in [6.45, 7) is 1.68. The van der Waals surface area contributed by atoms with E-state index in [1.54, 1.807) is 37.3 Å². The number of phenols is 1. The number of rotatable bonds is 3. The number of aliphatic hydroxyl groups excluding tert-OH is 3. The molecular formula is C30H28N2O9. The van der Waals surface area contributed by atoms with Crippen LogP contribution in [0.5, 0.6) is 5.75 Å². The van der Waals surface area contributed by atoms with Gasteiger partial charge in [0, 0.05) is 16.9 Å². The molecule has 11 heteroatoms. The van der Waals surface area contributed by atoms with Crippen molar-refractivity contribution in [3.63, 3.8) is 0 Å². The van der Waals surface area contributed by atoms with E-state index in [0.717, 1.165) is 5.39 Å². The van der Waals surface area contributed by atoms with Crippen LogP contribution in [0.4, 0.5) is 0 Å². The fraction of sp³-hybridized carbons (Fsp3) is 0.300. The van der Waals surface area contributed by atoms with E-state index >= 15 is 0 Å². The Morgan fingerprint density at radius 1 is 1.07 bits per heavy atom. The van der Waals surface area contributed by atoms with Crippen LogP contribution in [0, 0.1) is 11.8 Å². The lowest BCUT2D eigenvalue weighted by molar-refractivity contribution is -0.162. The normalized spacial score (nSPS) is 29.6. The monoisotopic (exact) mass is 560 g/mol. The fourth-order valence-corrected chi connectivity index (χ4v) is 6.94. The molecule has 212 valence electrons. The van der Waals surface area contributed by atoms with Crippen molar-refractivity contribution in [2.45, 2.75) is 30.6 Å². The molecule has 0 spiro atoms. The van der Waals surface area contributed by atoms with E-state index in [9.17, 15) is 39.9 Å². The topological polar surface area (TPSA) is 195 Å². The third-order valence-electron chi connectivity index (χ3n) is 8.82. The van der Waals surface area contributed by atoms with Gasteiger partial charge in [-0.1, -0.05) is 31.2 Å². The number of aromatic hydroxyl groups is 1. The van der Waals surface area contributed by atoms with E-state index in [-0.39, 0.29) is 16.9 Å². The number of ketones is 2. The molecule has 0 unspecified atom stereocenters. The summed E-state index contributed by atoms with van der Waals surface area (Å²) < 4.78 is 5.88. The van der Waals surface area contributed by atoms with Gasteiger partial charge in [-0.25, -0.2) is 0 Å². The highest BCUT2D eigenvalue weighted by atomic mass is 16.4. The standard InChI is InChI=1S/C30H28N2O9/c1-11-13-8-9-14(16-10-12-6-4-5-7-15(12)41-16)23(33)18(13)24(34)19-17(11)25(35)21-22(32(2)3)26(36)20(29(31)39)28(38)30(21,40)27(19)37/h4-11,17,21-22,25,33,35-37,40H,1-3H3,(H2,31,39)/t11-,17-,21-,22-,25+,30+/m1/s1. The summed E-state index contributed by atoms with van der Waals surface area (Å²) in [4.78, 5) is 41.1. The molecule has 6 rings (SSSR count). The Bertz CT molecular complexity index is 1720. The number of amides is 1. The van der Waals surface area contributed by atoms with E-state index in [0.29, 0.717) is 11.1 Å². The van der Waals surface area contributed by atoms with Crippen molar-refractivity contribution in [1.82, 2.24) is 4.90 Å². The second-order valence-electron chi connectivity index (χ2n) is 11.1. The first kappa shape index (κ1) is 26.8. The first-order valence-corrected chi connectivity index (χ1v) is 13.0. The molecule has 0 aliphatic heterocycles. The molecule has 3 aromatic rings. The maximum atomic E-state index is 14.0. The Morgan fingerprint density at radius 3 is 2.39 bits per heavy atom. The summed E-state index contributed by atoms with van der Waals surface area (Å²) in [6, 6.07) is 10.8. The number of Topliss-reactive ketones (excluding diaryl/α,β-unsaturated/α-hetero) is 2. The van der Waals surface area contributed by atoms with E-state index in [1.807, 2.05) is 12.1 Å². The Kier molecular flexibility index (Phi) is 5.73. The maximum Gasteiger partial charge on any atom is 0.255 e. The lowest BCUT2D eigenvalue weighted by Gasteiger charge is -2.53. The molecule has 0 fully saturated rings. The average Bonchev–Trinajstić information content (AvgIpc) is 3.34. The summed E-state index contributed by atoms with van der Waals surface area (Å²) in [5.41, 5.74) is 1.96. The molecule has 3 aliphatic rings. The van der Waals surface area contributed by atoms with Gasteiger partial charge in [0.2, 0.25) is 5.78 Å². The van der Waals surface area contributed by atoms with Gasteiger partial charge < -0.3 is 35.7 Å². The summed E-state index contributed by atoms with van der Waals surface area (Å²) in [6.07, 6.45) is -1.65. The highest BCUT2D eigenvalue weighted by molar-refractivity contribution is 6.25. The number of fused-ring (bicyclic) bond motifs is 4. The molecule has 0 bridgehead atoms. The van der Waals surface area contributed by atoms with Crippen LogP contribution in [-0.4, -0.2) is 79.7 Å². The molecule has 0 radical (unpaired) electrons. The molecule has 1 amide bonds. The lowest BCUT2D eigenvalue weighted by atomic mass is 9.55. The minimum atomic E-state index is -2.96. The number of nitrogens with zero attached hydrogens (tertiary/aromatic N) is 1. The summed E-state index contributed by atoms with van der Waals surface area (Å²) in [7, 11) is 2.97. The molecule has 3 aliphatic carbocycles. The number of likely N-dealkylation sites (N-methyl/N-ethyl adjacent to an activating group) is 1. The number of primary amides is 1. The first-order valence-electron chi connectivity index (χ1n) is 13.0. The van der Waals surface area contributed by atoms with Gasteiger partial charge >= 0.3 is 0 Å². The Hall–Kier alpha value is -4.45. The fourth-order valence-electron chi connectivity index (χ4n) is 6.94. The van der Waals surface area contributed by atoms with Crippen LogP contribution in [0.15, 0.2) is 69.5 Å². The molecular weight excluding hydrogens is 532 g/mol. The largest absolute Gasteiger partial charge is 0.510 e. The van der Waals surface area contributed by atoms with Gasteiger partial charge in [-0.15, -0.1) is 0 Å². The highest BCUT2D eigenvalue weighted by Gasteiger charge is 2.67. The number of carbonyl (C=O) groups is 3. The zero-order valence-electron chi connectivity index (χ0n) is 22.3. The van der Waals surface area contributed by atoms with Crippen LogP contribution in [0.25, 0.3) is 22.3 Å². The maximum absolute atomic E-state index is 14.0. The second-order valence-corrected chi connectivity index (χ2v) is 11.1. The van der Waals surface area contributed by atoms with E-state index < -0.39 is 81.4 Å². The van der Waals surface area contributed by atoms with Gasteiger partial charge in [0.25, 0.3) is 5.91 Å². The van der Waals surface area contributed by atoms with Crippen LogP contribution in [0.3, 0.4) is 0 Å². The van der Waals surface area contributed by atoms with E-state index in [4.69, 9.17) is 10.2 Å². The molecule has 0 saturated heterocycles. The zero-order valence-corrected chi connectivity index (χ0v) is 22.3. The minimum Gasteiger partial charge on any atom is -0.510 e. The number of hydrogen-bond donors (Lipinski definition) is 6. The van der Waals surface area contributed by atoms with Crippen LogP contribution >= 0.6 is 0 Å². The minimum absolute atomic E-state index is 0.177. The summed E-state index contributed by atoms with van der Waals surface area (Å²) in [5, 5.41) is 58.0. The molecule has 1 heterocycles. The van der Waals surface area contributed by atoms with Crippen LogP contribution in [0.2, 0.25) is 0 Å². The van der Waals surface area contributed by atoms with Gasteiger partial charge in [0.05, 0.1) is 29.2 Å². The summed E-state index contributed by atoms with van der Waals surface area (Å²) >= 11 is 0. The van der Waals surface area contributed by atoms with Crippen molar-refractivity contribution >= 4 is 28.4 Å². The molecule has 0 saturated carbocycles. The number of phenolic OH excluding ortho intramolecular Hbond substituents is 1. The van der Waals surface area contributed by atoms with Gasteiger partial charge in [-0.05, 0) is 43.8 Å². The molecule has 6 atom stereocenters. The SMILES string of the molecule is C[C@@H]1c2ccc(-c3cc4ccccc4o3)c(O)c2C(=O)C2=C(O)[C@]3(O)C(=O)C(C(N)=O)=C(O)[C@H](N(C)C)[C@@H]3[C@@H](O)[C@@H]21. The number of furan rings is 1. The average molecular weight is 561 g/mol. The van der Waals surface area contributed by atoms with E-state index in [1.165, 1.54) is 19.0 Å². The molecule has 11 nitrogen and oxygen atoms in total. The Balaban J connectivity index is 1.57. The van der Waals surface area contributed by atoms with Crippen molar-refractivity contribution in [3.8, 4) is 17.1 Å². The van der Waals surface area contributed by atoms with Crippen molar-refractivity contribution in [2.24, 2.45) is 17.6 Å². The first-order chi connectivity index (χ1) is 19.3. The number of hydrogen-bond acceptors (Lipinski definition) is 10. The number of para-hydroxylation sites is 1. The lowest BCUT2D eigenvalue weighted by Crippen LogP contribution is -2.68. The highest BCUT2D eigenvalue weighted by Crippen LogP contribution is 2.56. The quantitative estimate of drug-likeness (QED) is 0.258. The summed E-state index contributed by atoms with van der Waals surface area (Å²) in [5.74, 6) is -9.03. The van der Waals surface area contributed by atoms with Gasteiger partial charge in [0.15, 0.2) is 11.4 Å². The second kappa shape index (κ2) is 8.77. The predicted molar refractivity (Wildman–Crippen MR) is 145 cm³/mol. The van der Waals surface area contributed by atoms with Gasteiger partial charge in [-0.3, -0.25) is 19.3 Å². The number of aliphatic hydroxyl groups is 4. The Morgan fingerprint density at radius 2 is 1.76 bits per heavy atom. The van der Waals surface area contributed by atoms with Gasteiger partial charge in [0.1, 0.15) is 34.2 Å².